The Bertz CT molecular complexity index is 708. The van der Waals surface area contributed by atoms with Crippen LogP contribution in [-0.2, 0) is 6.42 Å². The monoisotopic (exact) mass is 350 g/mol. The Balaban J connectivity index is 2.51. The van der Waals surface area contributed by atoms with Gasteiger partial charge in [-0.3, -0.25) is 4.79 Å². The summed E-state index contributed by atoms with van der Waals surface area (Å²) in [5, 5.41) is 0. The quantitative estimate of drug-likeness (QED) is 0.914. The molecule has 21 heavy (non-hydrogen) atoms. The minimum absolute atomic E-state index is 0.149. The van der Waals surface area contributed by atoms with E-state index in [0.29, 0.717) is 16.2 Å². The van der Waals surface area contributed by atoms with E-state index in [9.17, 15) is 4.79 Å². The highest BCUT2D eigenvalue weighted by atomic mass is 79.9. The summed E-state index contributed by atoms with van der Waals surface area (Å²) in [7, 11) is 1.64. The van der Waals surface area contributed by atoms with Gasteiger partial charge in [0.05, 0.1) is 12.8 Å². The van der Waals surface area contributed by atoms with E-state index in [0.717, 1.165) is 29.0 Å². The maximum atomic E-state index is 12.1. The number of H-pyrrole nitrogens is 1. The van der Waals surface area contributed by atoms with Gasteiger partial charge in [-0.05, 0) is 59.0 Å². The summed E-state index contributed by atoms with van der Waals surface area (Å²) in [5.74, 6) is 1.84. The van der Waals surface area contributed by atoms with E-state index in [1.807, 2.05) is 25.1 Å². The van der Waals surface area contributed by atoms with Crippen molar-refractivity contribution in [1.29, 1.82) is 0 Å². The van der Waals surface area contributed by atoms with Gasteiger partial charge in [-0.2, -0.15) is 0 Å². The van der Waals surface area contributed by atoms with Crippen LogP contribution in [0.1, 0.15) is 25.1 Å². The number of aryl methyl sites for hydroxylation is 1. The molecule has 0 spiro atoms. The first kappa shape index (κ1) is 15.8. The smallest absolute Gasteiger partial charge is 0.265 e. The third-order valence-electron chi connectivity index (χ3n) is 3.20. The lowest BCUT2D eigenvalue weighted by Crippen LogP contribution is -2.15. The SMILES string of the molecule is COc1ccc(-c2nc(CC(C)C)c(Br)c(=O)[nH]2)cc1C. The average Bonchev–Trinajstić information content (AvgIpc) is 2.43. The molecule has 0 aliphatic rings. The standard InChI is InChI=1S/C16H19BrN2O2/c1-9(2)7-12-14(17)16(20)19-15(18-12)11-5-6-13(21-4)10(3)8-11/h5-6,8-9H,7H2,1-4H3,(H,18,19,20). The zero-order valence-corrected chi connectivity index (χ0v) is 14.2. The number of nitrogens with one attached hydrogen (secondary N) is 1. The number of methoxy groups -OCH3 is 1. The Morgan fingerprint density at radius 3 is 2.67 bits per heavy atom. The molecule has 112 valence electrons. The number of nitrogens with zero attached hydrogens (tertiary/aromatic N) is 1. The molecule has 0 atom stereocenters. The second-order valence-corrected chi connectivity index (χ2v) is 6.25. The van der Waals surface area contributed by atoms with Crippen LogP contribution < -0.4 is 10.3 Å². The summed E-state index contributed by atoms with van der Waals surface area (Å²) in [5.41, 5.74) is 2.52. The van der Waals surface area contributed by atoms with Crippen molar-refractivity contribution in [3.05, 3.63) is 44.3 Å². The molecule has 0 fully saturated rings. The van der Waals surface area contributed by atoms with Gasteiger partial charge >= 0.3 is 0 Å². The number of hydrogen-bond acceptors (Lipinski definition) is 3. The highest BCUT2D eigenvalue weighted by molar-refractivity contribution is 9.10. The van der Waals surface area contributed by atoms with Crippen LogP contribution in [0.4, 0.5) is 0 Å². The van der Waals surface area contributed by atoms with Gasteiger partial charge in [-0.1, -0.05) is 13.8 Å². The van der Waals surface area contributed by atoms with Crippen molar-refractivity contribution in [2.75, 3.05) is 7.11 Å². The maximum absolute atomic E-state index is 12.1. The first-order chi connectivity index (χ1) is 9.92. The highest BCUT2D eigenvalue weighted by Crippen LogP contribution is 2.24. The summed E-state index contributed by atoms with van der Waals surface area (Å²) in [6, 6.07) is 5.75. The van der Waals surface area contributed by atoms with Gasteiger partial charge in [-0.25, -0.2) is 4.98 Å². The molecule has 1 N–H and O–H groups in total. The number of ether oxygens (including phenoxy) is 1. The van der Waals surface area contributed by atoms with Crippen molar-refractivity contribution >= 4 is 15.9 Å². The zero-order valence-electron chi connectivity index (χ0n) is 12.7. The van der Waals surface area contributed by atoms with Crippen molar-refractivity contribution in [2.45, 2.75) is 27.2 Å². The van der Waals surface area contributed by atoms with Gasteiger partial charge in [-0.15, -0.1) is 0 Å². The second kappa shape index (κ2) is 6.43. The molecular formula is C16H19BrN2O2. The van der Waals surface area contributed by atoms with Crippen molar-refractivity contribution < 1.29 is 4.74 Å². The lowest BCUT2D eigenvalue weighted by atomic mass is 10.1. The molecule has 1 heterocycles. The van der Waals surface area contributed by atoms with Crippen LogP contribution in [0.5, 0.6) is 5.75 Å². The number of rotatable bonds is 4. The molecule has 0 amide bonds. The molecule has 2 rings (SSSR count). The molecule has 0 radical (unpaired) electrons. The predicted molar refractivity (Wildman–Crippen MR) is 87.8 cm³/mol. The van der Waals surface area contributed by atoms with Crippen LogP contribution in [-0.4, -0.2) is 17.1 Å². The van der Waals surface area contributed by atoms with Crippen molar-refractivity contribution in [2.24, 2.45) is 5.92 Å². The van der Waals surface area contributed by atoms with Crippen LogP contribution in [0.25, 0.3) is 11.4 Å². The third kappa shape index (κ3) is 3.53. The van der Waals surface area contributed by atoms with E-state index in [1.54, 1.807) is 7.11 Å². The van der Waals surface area contributed by atoms with Crippen LogP contribution >= 0.6 is 15.9 Å². The summed E-state index contributed by atoms with van der Waals surface area (Å²) in [4.78, 5) is 19.5. The molecular weight excluding hydrogens is 332 g/mol. The van der Waals surface area contributed by atoms with Gasteiger partial charge in [0.15, 0.2) is 0 Å². The van der Waals surface area contributed by atoms with Crippen LogP contribution in [0.2, 0.25) is 0 Å². The van der Waals surface area contributed by atoms with E-state index in [2.05, 4.69) is 39.7 Å². The number of hydrogen-bond donors (Lipinski definition) is 1. The topological polar surface area (TPSA) is 55.0 Å². The Labute approximate surface area is 132 Å². The number of benzene rings is 1. The normalized spacial score (nSPS) is 11.0. The molecule has 1 aromatic carbocycles. The number of halogens is 1. The summed E-state index contributed by atoms with van der Waals surface area (Å²) >= 11 is 3.33. The molecule has 0 saturated carbocycles. The van der Waals surface area contributed by atoms with Gasteiger partial charge in [0.1, 0.15) is 16.0 Å². The molecule has 0 aliphatic carbocycles. The lowest BCUT2D eigenvalue weighted by Gasteiger charge is -2.10. The molecule has 4 nitrogen and oxygen atoms in total. The van der Waals surface area contributed by atoms with Gasteiger partial charge in [0, 0.05) is 5.56 Å². The van der Waals surface area contributed by atoms with Crippen LogP contribution in [0.3, 0.4) is 0 Å². The molecule has 1 aromatic heterocycles. The van der Waals surface area contributed by atoms with Gasteiger partial charge < -0.3 is 9.72 Å². The summed E-state index contributed by atoms with van der Waals surface area (Å²) < 4.78 is 5.77. The second-order valence-electron chi connectivity index (χ2n) is 5.46. The van der Waals surface area contributed by atoms with Crippen molar-refractivity contribution in [1.82, 2.24) is 9.97 Å². The number of aromatic amines is 1. The minimum atomic E-state index is -0.149. The largest absolute Gasteiger partial charge is 0.496 e. The van der Waals surface area contributed by atoms with Crippen LogP contribution in [0.15, 0.2) is 27.5 Å². The zero-order chi connectivity index (χ0) is 15.6. The van der Waals surface area contributed by atoms with Crippen LogP contribution in [0, 0.1) is 12.8 Å². The van der Waals surface area contributed by atoms with Crippen molar-refractivity contribution in [3.63, 3.8) is 0 Å². The summed E-state index contributed by atoms with van der Waals surface area (Å²) in [6.45, 7) is 6.17. The Kier molecular flexibility index (Phi) is 4.83. The molecule has 5 heteroatoms. The highest BCUT2D eigenvalue weighted by Gasteiger charge is 2.12. The number of aromatic nitrogens is 2. The van der Waals surface area contributed by atoms with E-state index in [-0.39, 0.29) is 5.56 Å². The van der Waals surface area contributed by atoms with E-state index in [1.165, 1.54) is 0 Å². The minimum Gasteiger partial charge on any atom is -0.496 e. The van der Waals surface area contributed by atoms with Gasteiger partial charge in [0.2, 0.25) is 0 Å². The Morgan fingerprint density at radius 1 is 1.38 bits per heavy atom. The molecule has 0 aliphatic heterocycles. The van der Waals surface area contributed by atoms with E-state index in [4.69, 9.17) is 4.74 Å². The first-order valence-electron chi connectivity index (χ1n) is 6.86. The van der Waals surface area contributed by atoms with E-state index < -0.39 is 0 Å². The maximum Gasteiger partial charge on any atom is 0.265 e. The molecule has 0 bridgehead atoms. The average molecular weight is 351 g/mol. The molecule has 2 aromatic rings. The lowest BCUT2D eigenvalue weighted by molar-refractivity contribution is 0.412. The van der Waals surface area contributed by atoms with Gasteiger partial charge in [0.25, 0.3) is 5.56 Å². The Hall–Kier alpha value is -1.62. The fraction of sp³-hybridized carbons (Fsp3) is 0.375. The fourth-order valence-electron chi connectivity index (χ4n) is 2.19. The molecule has 0 saturated heterocycles. The summed E-state index contributed by atoms with van der Waals surface area (Å²) in [6.07, 6.45) is 0.757. The Morgan fingerprint density at radius 2 is 2.10 bits per heavy atom. The predicted octanol–water partition coefficient (Wildman–Crippen LogP) is 3.71. The first-order valence-corrected chi connectivity index (χ1v) is 7.65. The molecule has 0 unspecified atom stereocenters. The van der Waals surface area contributed by atoms with E-state index >= 15 is 0 Å². The van der Waals surface area contributed by atoms with Crippen molar-refractivity contribution in [3.8, 4) is 17.1 Å². The fourth-order valence-corrected chi connectivity index (χ4v) is 2.54. The third-order valence-corrected chi connectivity index (χ3v) is 4.02.